The monoisotopic (exact) mass is 423 g/mol. The van der Waals surface area contributed by atoms with Gasteiger partial charge in [-0.2, -0.15) is 0 Å². The highest BCUT2D eigenvalue weighted by molar-refractivity contribution is 6.32. The fraction of sp³-hybridized carbons (Fsp3) is 0.308. The summed E-state index contributed by atoms with van der Waals surface area (Å²) in [5.74, 6) is 1.23. The Balaban J connectivity index is 1.71. The predicted octanol–water partition coefficient (Wildman–Crippen LogP) is 6.87. The van der Waals surface area contributed by atoms with E-state index in [1.807, 2.05) is 30.3 Å². The number of rotatable bonds is 10. The summed E-state index contributed by atoms with van der Waals surface area (Å²) in [6.07, 6.45) is 2.19. The molecule has 0 bridgehead atoms. The van der Waals surface area contributed by atoms with Crippen LogP contribution in [0, 0.1) is 6.92 Å². The lowest BCUT2D eigenvalue weighted by Gasteiger charge is -2.20. The van der Waals surface area contributed by atoms with Crippen molar-refractivity contribution in [2.75, 3.05) is 7.11 Å². The Bertz CT molecular complexity index is 943. The van der Waals surface area contributed by atoms with Crippen molar-refractivity contribution < 1.29 is 9.47 Å². The van der Waals surface area contributed by atoms with Crippen molar-refractivity contribution >= 4 is 11.6 Å². The molecule has 0 heterocycles. The van der Waals surface area contributed by atoms with E-state index in [0.717, 1.165) is 24.0 Å². The lowest BCUT2D eigenvalue weighted by Crippen LogP contribution is -2.20. The zero-order chi connectivity index (χ0) is 21.3. The molecule has 0 aromatic heterocycles. The van der Waals surface area contributed by atoms with E-state index in [0.29, 0.717) is 35.7 Å². The second-order valence-corrected chi connectivity index (χ2v) is 7.93. The topological polar surface area (TPSA) is 30.5 Å². The van der Waals surface area contributed by atoms with Crippen LogP contribution in [0.2, 0.25) is 5.02 Å². The second-order valence-electron chi connectivity index (χ2n) is 7.52. The number of methoxy groups -OCH3 is 1. The van der Waals surface area contributed by atoms with Crippen LogP contribution in [0.3, 0.4) is 0 Å². The molecule has 4 heteroatoms. The summed E-state index contributed by atoms with van der Waals surface area (Å²) >= 11 is 6.57. The first kappa shape index (κ1) is 22.2. The van der Waals surface area contributed by atoms with Crippen molar-refractivity contribution in [2.24, 2.45) is 0 Å². The van der Waals surface area contributed by atoms with Crippen LogP contribution in [-0.2, 0) is 13.2 Å². The van der Waals surface area contributed by atoms with Crippen molar-refractivity contribution in [3.63, 3.8) is 0 Å². The molecular formula is C26H30ClNO2. The van der Waals surface area contributed by atoms with Crippen LogP contribution < -0.4 is 14.8 Å². The molecule has 3 aromatic rings. The first-order valence-corrected chi connectivity index (χ1v) is 10.8. The highest BCUT2D eigenvalue weighted by atomic mass is 35.5. The van der Waals surface area contributed by atoms with Gasteiger partial charge in [0.1, 0.15) is 6.61 Å². The molecule has 0 aliphatic carbocycles. The standard InChI is InChI=1S/C26H30ClNO2/c1-4-9-24(22-12-6-5-7-13-22)28-17-21-15-23(27)26(25(16-21)29-3)30-18-20-11-8-10-19(2)14-20/h5-8,10-16,24,28H,4,9,17-18H2,1-3H3. The number of ether oxygens (including phenoxy) is 2. The minimum atomic E-state index is 0.304. The highest BCUT2D eigenvalue weighted by Gasteiger charge is 2.14. The third-order valence-electron chi connectivity index (χ3n) is 5.09. The van der Waals surface area contributed by atoms with Gasteiger partial charge in [0, 0.05) is 12.6 Å². The lowest BCUT2D eigenvalue weighted by molar-refractivity contribution is 0.284. The van der Waals surface area contributed by atoms with Crippen molar-refractivity contribution in [2.45, 2.75) is 45.9 Å². The first-order chi connectivity index (χ1) is 14.6. The van der Waals surface area contributed by atoms with Crippen LogP contribution in [0.5, 0.6) is 11.5 Å². The maximum atomic E-state index is 6.57. The molecule has 30 heavy (non-hydrogen) atoms. The highest BCUT2D eigenvalue weighted by Crippen LogP contribution is 2.37. The van der Waals surface area contributed by atoms with Gasteiger partial charge >= 0.3 is 0 Å². The Morgan fingerprint density at radius 2 is 1.77 bits per heavy atom. The largest absolute Gasteiger partial charge is 0.493 e. The normalized spacial score (nSPS) is 11.9. The summed E-state index contributed by atoms with van der Waals surface area (Å²) in [4.78, 5) is 0. The summed E-state index contributed by atoms with van der Waals surface area (Å²) in [6.45, 7) is 5.42. The van der Waals surface area contributed by atoms with E-state index >= 15 is 0 Å². The van der Waals surface area contributed by atoms with Crippen molar-refractivity contribution in [1.29, 1.82) is 0 Å². The fourth-order valence-electron chi connectivity index (χ4n) is 3.57. The average molecular weight is 424 g/mol. The van der Waals surface area contributed by atoms with Crippen LogP contribution in [0.4, 0.5) is 0 Å². The molecule has 1 atom stereocenters. The van der Waals surface area contributed by atoms with Gasteiger partial charge in [0.25, 0.3) is 0 Å². The Labute approximate surface area is 185 Å². The average Bonchev–Trinajstić information content (AvgIpc) is 2.76. The van der Waals surface area contributed by atoms with Gasteiger partial charge in [-0.05, 0) is 42.2 Å². The number of hydrogen-bond donors (Lipinski definition) is 1. The molecule has 0 saturated heterocycles. The van der Waals surface area contributed by atoms with Gasteiger partial charge in [-0.3, -0.25) is 0 Å². The van der Waals surface area contributed by atoms with Gasteiger partial charge in [-0.15, -0.1) is 0 Å². The predicted molar refractivity (Wildman–Crippen MR) is 124 cm³/mol. The number of aryl methyl sites for hydroxylation is 1. The van der Waals surface area contributed by atoms with Crippen LogP contribution in [0.1, 0.15) is 48.1 Å². The summed E-state index contributed by atoms with van der Waals surface area (Å²) in [7, 11) is 1.65. The maximum absolute atomic E-state index is 6.57. The molecule has 1 unspecified atom stereocenters. The molecule has 0 radical (unpaired) electrons. The van der Waals surface area contributed by atoms with E-state index < -0.39 is 0 Å². The lowest BCUT2D eigenvalue weighted by atomic mass is 10.0. The van der Waals surface area contributed by atoms with Crippen molar-refractivity contribution in [3.8, 4) is 11.5 Å². The summed E-state index contributed by atoms with van der Waals surface area (Å²) in [5.41, 5.74) is 4.67. The van der Waals surface area contributed by atoms with E-state index in [1.165, 1.54) is 11.1 Å². The quantitative estimate of drug-likeness (QED) is 0.386. The Morgan fingerprint density at radius 3 is 2.47 bits per heavy atom. The van der Waals surface area contributed by atoms with Crippen LogP contribution in [-0.4, -0.2) is 7.11 Å². The minimum absolute atomic E-state index is 0.304. The van der Waals surface area contributed by atoms with Gasteiger partial charge in [-0.25, -0.2) is 0 Å². The van der Waals surface area contributed by atoms with Crippen molar-refractivity contribution in [3.05, 3.63) is 94.0 Å². The minimum Gasteiger partial charge on any atom is -0.493 e. The molecule has 158 valence electrons. The molecular weight excluding hydrogens is 394 g/mol. The smallest absolute Gasteiger partial charge is 0.180 e. The Hall–Kier alpha value is -2.49. The number of hydrogen-bond acceptors (Lipinski definition) is 3. The molecule has 0 spiro atoms. The molecule has 0 aliphatic heterocycles. The summed E-state index contributed by atoms with van der Waals surface area (Å²) < 4.78 is 11.6. The van der Waals surface area contributed by atoms with E-state index in [9.17, 15) is 0 Å². The van der Waals surface area contributed by atoms with Crippen LogP contribution in [0.25, 0.3) is 0 Å². The molecule has 3 aromatic carbocycles. The first-order valence-electron chi connectivity index (χ1n) is 10.4. The SMILES string of the molecule is CCCC(NCc1cc(Cl)c(OCc2cccc(C)c2)c(OC)c1)c1ccccc1. The molecule has 3 rings (SSSR count). The zero-order valence-electron chi connectivity index (χ0n) is 18.0. The number of nitrogens with one attached hydrogen (secondary N) is 1. The van der Waals surface area contributed by atoms with E-state index in [2.05, 4.69) is 55.6 Å². The van der Waals surface area contributed by atoms with E-state index in [4.69, 9.17) is 21.1 Å². The maximum Gasteiger partial charge on any atom is 0.180 e. The molecule has 0 amide bonds. The van der Waals surface area contributed by atoms with Crippen LogP contribution >= 0.6 is 11.6 Å². The van der Waals surface area contributed by atoms with E-state index in [-0.39, 0.29) is 0 Å². The van der Waals surface area contributed by atoms with Gasteiger partial charge in [0.15, 0.2) is 11.5 Å². The molecule has 0 fully saturated rings. The summed E-state index contributed by atoms with van der Waals surface area (Å²) in [5, 5.41) is 4.22. The van der Waals surface area contributed by atoms with E-state index in [1.54, 1.807) is 7.11 Å². The molecule has 3 nitrogen and oxygen atoms in total. The third kappa shape index (κ3) is 6.01. The molecule has 0 saturated carbocycles. The Morgan fingerprint density at radius 1 is 0.967 bits per heavy atom. The second kappa shape index (κ2) is 11.1. The van der Waals surface area contributed by atoms with Crippen molar-refractivity contribution in [1.82, 2.24) is 5.32 Å². The molecule has 0 aliphatic rings. The summed E-state index contributed by atoms with van der Waals surface area (Å²) in [6, 6.07) is 23.1. The zero-order valence-corrected chi connectivity index (χ0v) is 18.7. The van der Waals surface area contributed by atoms with Crippen LogP contribution in [0.15, 0.2) is 66.7 Å². The molecule has 1 N–H and O–H groups in total. The third-order valence-corrected chi connectivity index (χ3v) is 5.37. The Kier molecular flexibility index (Phi) is 8.18. The van der Waals surface area contributed by atoms with Gasteiger partial charge in [0.2, 0.25) is 0 Å². The van der Waals surface area contributed by atoms with Gasteiger partial charge in [-0.1, -0.05) is 85.1 Å². The number of benzene rings is 3. The van der Waals surface area contributed by atoms with Gasteiger partial charge < -0.3 is 14.8 Å². The fourth-order valence-corrected chi connectivity index (χ4v) is 3.86. The van der Waals surface area contributed by atoms with Gasteiger partial charge in [0.05, 0.1) is 12.1 Å². The number of halogens is 1.